The molecule has 0 spiro atoms. The summed E-state index contributed by atoms with van der Waals surface area (Å²) in [5, 5.41) is 3.33. The lowest BCUT2D eigenvalue weighted by molar-refractivity contribution is 0.0695. The molecule has 1 unspecified atom stereocenters. The van der Waals surface area contributed by atoms with Crippen LogP contribution < -0.4 is 5.32 Å². The lowest BCUT2D eigenvalue weighted by atomic mass is 10.3. The van der Waals surface area contributed by atoms with E-state index in [1.807, 2.05) is 13.8 Å². The summed E-state index contributed by atoms with van der Waals surface area (Å²) in [6.45, 7) is 8.07. The fourth-order valence-electron chi connectivity index (χ4n) is 1.61. The van der Waals surface area contributed by atoms with Gasteiger partial charge in [-0.1, -0.05) is 6.92 Å². The Morgan fingerprint density at radius 3 is 2.63 bits per heavy atom. The average Bonchev–Trinajstić information content (AvgIpc) is 2.40. The van der Waals surface area contributed by atoms with E-state index in [9.17, 15) is 0 Å². The molecule has 6 heteroatoms. The van der Waals surface area contributed by atoms with Gasteiger partial charge in [0.2, 0.25) is 0 Å². The molecule has 1 rings (SSSR count). The lowest BCUT2D eigenvalue weighted by Gasteiger charge is -2.16. The number of nitrogens with zero attached hydrogens (tertiary/aromatic N) is 2. The maximum atomic E-state index is 5.56. The van der Waals surface area contributed by atoms with Crippen molar-refractivity contribution >= 4 is 28.4 Å². The number of hydrogen-bond donors (Lipinski definition) is 1. The first-order valence-electron chi connectivity index (χ1n) is 6.54. The Morgan fingerprint density at radius 1 is 1.32 bits per heavy atom. The number of rotatable bonds is 8. The van der Waals surface area contributed by atoms with Crippen LogP contribution in [0.4, 0.5) is 5.82 Å². The van der Waals surface area contributed by atoms with E-state index in [-0.39, 0.29) is 6.10 Å². The normalized spacial score (nSPS) is 12.5. The Balaban J connectivity index is 3.06. The Morgan fingerprint density at radius 2 is 2.05 bits per heavy atom. The Hall–Kier alpha value is -0.470. The molecule has 0 saturated carbocycles. The third-order valence-electron chi connectivity index (χ3n) is 2.54. The predicted octanol–water partition coefficient (Wildman–Crippen LogP) is 3.15. The van der Waals surface area contributed by atoms with Gasteiger partial charge in [-0.15, -0.1) is 0 Å². The number of halogens is 1. The SMILES string of the molecule is CCCNc1nc(C(C)OCC)nc(COC)c1I. The number of anilines is 1. The number of aromatic nitrogens is 2. The van der Waals surface area contributed by atoms with Gasteiger partial charge in [-0.3, -0.25) is 0 Å². The minimum atomic E-state index is -0.111. The fraction of sp³-hybridized carbons (Fsp3) is 0.692. The summed E-state index contributed by atoms with van der Waals surface area (Å²) < 4.78 is 11.8. The van der Waals surface area contributed by atoms with Crippen LogP contribution in [0.2, 0.25) is 0 Å². The van der Waals surface area contributed by atoms with E-state index < -0.39 is 0 Å². The van der Waals surface area contributed by atoms with Crippen LogP contribution in [0.25, 0.3) is 0 Å². The zero-order chi connectivity index (χ0) is 14.3. The van der Waals surface area contributed by atoms with Crippen molar-refractivity contribution in [3.8, 4) is 0 Å². The van der Waals surface area contributed by atoms with Crippen molar-refractivity contribution in [1.82, 2.24) is 9.97 Å². The Labute approximate surface area is 128 Å². The van der Waals surface area contributed by atoms with Crippen LogP contribution in [0.1, 0.15) is 44.8 Å². The molecule has 0 amide bonds. The van der Waals surface area contributed by atoms with Crippen molar-refractivity contribution in [3.05, 3.63) is 15.1 Å². The zero-order valence-electron chi connectivity index (χ0n) is 12.0. The molecule has 0 aromatic carbocycles. The van der Waals surface area contributed by atoms with Gasteiger partial charge >= 0.3 is 0 Å². The van der Waals surface area contributed by atoms with E-state index in [0.29, 0.717) is 19.0 Å². The van der Waals surface area contributed by atoms with Crippen LogP contribution in [0.15, 0.2) is 0 Å². The molecule has 1 heterocycles. The summed E-state index contributed by atoms with van der Waals surface area (Å²) in [7, 11) is 1.67. The van der Waals surface area contributed by atoms with Crippen molar-refractivity contribution < 1.29 is 9.47 Å². The number of hydrogen-bond acceptors (Lipinski definition) is 5. The van der Waals surface area contributed by atoms with E-state index in [0.717, 1.165) is 28.0 Å². The molecule has 0 bridgehead atoms. The van der Waals surface area contributed by atoms with E-state index in [2.05, 4.69) is 44.8 Å². The first kappa shape index (κ1) is 16.6. The van der Waals surface area contributed by atoms with E-state index in [1.54, 1.807) is 7.11 Å². The van der Waals surface area contributed by atoms with Crippen molar-refractivity contribution in [2.24, 2.45) is 0 Å². The third kappa shape index (κ3) is 4.85. The first-order chi connectivity index (χ1) is 9.13. The Kier molecular flexibility index (Phi) is 7.55. The van der Waals surface area contributed by atoms with Gasteiger partial charge in [0, 0.05) is 20.3 Å². The molecule has 108 valence electrons. The third-order valence-corrected chi connectivity index (χ3v) is 3.67. The predicted molar refractivity (Wildman–Crippen MR) is 84.3 cm³/mol. The van der Waals surface area contributed by atoms with Crippen LogP contribution in [0.5, 0.6) is 0 Å². The summed E-state index contributed by atoms with van der Waals surface area (Å²) in [4.78, 5) is 9.10. The molecular weight excluding hydrogens is 357 g/mol. The molecular formula is C13H22IN3O2. The van der Waals surface area contributed by atoms with Crippen molar-refractivity contribution in [2.45, 2.75) is 39.9 Å². The maximum absolute atomic E-state index is 5.56. The first-order valence-corrected chi connectivity index (χ1v) is 7.62. The second kappa shape index (κ2) is 8.65. The van der Waals surface area contributed by atoms with Crippen LogP contribution >= 0.6 is 22.6 Å². The molecule has 0 aliphatic heterocycles. The van der Waals surface area contributed by atoms with Gasteiger partial charge in [-0.25, -0.2) is 9.97 Å². The van der Waals surface area contributed by atoms with Gasteiger partial charge in [0.25, 0.3) is 0 Å². The van der Waals surface area contributed by atoms with Crippen LogP contribution in [-0.4, -0.2) is 30.2 Å². The second-order valence-corrected chi connectivity index (χ2v) is 5.23. The number of ether oxygens (including phenoxy) is 2. The maximum Gasteiger partial charge on any atom is 0.159 e. The standard InChI is InChI=1S/C13H22IN3O2/c1-5-7-15-13-11(14)10(8-18-4)16-12(17-13)9(3)19-6-2/h9H,5-8H2,1-4H3,(H,15,16,17). The summed E-state index contributed by atoms with van der Waals surface area (Å²) in [6.07, 6.45) is 0.940. The molecule has 1 aromatic heterocycles. The lowest BCUT2D eigenvalue weighted by Crippen LogP contribution is -2.14. The minimum absolute atomic E-state index is 0.111. The van der Waals surface area contributed by atoms with Gasteiger partial charge in [-0.2, -0.15) is 0 Å². The molecule has 0 saturated heterocycles. The highest BCUT2D eigenvalue weighted by molar-refractivity contribution is 14.1. The highest BCUT2D eigenvalue weighted by Gasteiger charge is 2.16. The van der Waals surface area contributed by atoms with Gasteiger partial charge in [-0.05, 0) is 42.9 Å². The zero-order valence-corrected chi connectivity index (χ0v) is 14.2. The monoisotopic (exact) mass is 379 g/mol. The molecule has 19 heavy (non-hydrogen) atoms. The summed E-state index contributed by atoms with van der Waals surface area (Å²) in [6, 6.07) is 0. The average molecular weight is 379 g/mol. The number of nitrogens with one attached hydrogen (secondary N) is 1. The van der Waals surface area contributed by atoms with Crippen molar-refractivity contribution in [2.75, 3.05) is 25.6 Å². The quantitative estimate of drug-likeness (QED) is 0.704. The van der Waals surface area contributed by atoms with Gasteiger partial charge in [0.1, 0.15) is 11.9 Å². The molecule has 5 nitrogen and oxygen atoms in total. The smallest absolute Gasteiger partial charge is 0.159 e. The fourth-order valence-corrected chi connectivity index (χ4v) is 2.20. The molecule has 0 aliphatic carbocycles. The van der Waals surface area contributed by atoms with Crippen LogP contribution in [0.3, 0.4) is 0 Å². The molecule has 1 atom stereocenters. The second-order valence-electron chi connectivity index (χ2n) is 4.15. The van der Waals surface area contributed by atoms with Crippen molar-refractivity contribution in [3.63, 3.8) is 0 Å². The highest BCUT2D eigenvalue weighted by Crippen LogP contribution is 2.23. The topological polar surface area (TPSA) is 56.3 Å². The molecule has 1 N–H and O–H groups in total. The molecule has 0 radical (unpaired) electrons. The van der Waals surface area contributed by atoms with Crippen LogP contribution in [-0.2, 0) is 16.1 Å². The number of methoxy groups -OCH3 is 1. The summed E-state index contributed by atoms with van der Waals surface area (Å²) in [5.74, 6) is 1.57. The van der Waals surface area contributed by atoms with Gasteiger partial charge < -0.3 is 14.8 Å². The minimum Gasteiger partial charge on any atom is -0.378 e. The van der Waals surface area contributed by atoms with E-state index in [1.165, 1.54) is 0 Å². The molecule has 0 fully saturated rings. The van der Waals surface area contributed by atoms with Gasteiger partial charge in [0.15, 0.2) is 5.82 Å². The molecule has 1 aromatic rings. The highest BCUT2D eigenvalue weighted by atomic mass is 127. The largest absolute Gasteiger partial charge is 0.378 e. The van der Waals surface area contributed by atoms with E-state index >= 15 is 0 Å². The van der Waals surface area contributed by atoms with Crippen molar-refractivity contribution in [1.29, 1.82) is 0 Å². The van der Waals surface area contributed by atoms with Crippen LogP contribution in [0, 0.1) is 3.57 Å². The Bertz CT molecular complexity index is 402. The summed E-state index contributed by atoms with van der Waals surface area (Å²) >= 11 is 2.26. The molecule has 0 aliphatic rings. The van der Waals surface area contributed by atoms with Gasteiger partial charge in [0.05, 0.1) is 15.9 Å². The summed E-state index contributed by atoms with van der Waals surface area (Å²) in [5.41, 5.74) is 0.901. The van der Waals surface area contributed by atoms with E-state index in [4.69, 9.17) is 9.47 Å².